The molecule has 0 amide bonds. The number of nitrogens with zero attached hydrogens (tertiary/aromatic N) is 5. The van der Waals surface area contributed by atoms with Crippen molar-refractivity contribution >= 4 is 11.8 Å². The number of para-hydroxylation sites is 1. The summed E-state index contributed by atoms with van der Waals surface area (Å²) in [6, 6.07) is 16.1. The number of aryl methyl sites for hydroxylation is 1. The van der Waals surface area contributed by atoms with Crippen LogP contribution in [0.25, 0.3) is 17.1 Å². The van der Waals surface area contributed by atoms with Crippen LogP contribution in [-0.2, 0) is 5.75 Å². The van der Waals surface area contributed by atoms with E-state index in [0.717, 1.165) is 22.2 Å². The van der Waals surface area contributed by atoms with E-state index in [4.69, 9.17) is 9.26 Å². The molecule has 154 valence electrons. The number of hydrogen-bond acceptors (Lipinski definition) is 7. The van der Waals surface area contributed by atoms with Crippen LogP contribution in [0.4, 0.5) is 0 Å². The largest absolute Gasteiger partial charge is 0.496 e. The maximum atomic E-state index is 5.55. The van der Waals surface area contributed by atoms with Gasteiger partial charge in [-0.2, -0.15) is 4.98 Å². The number of ether oxygens (including phenoxy) is 1. The van der Waals surface area contributed by atoms with Crippen molar-refractivity contribution in [2.24, 2.45) is 0 Å². The lowest BCUT2D eigenvalue weighted by Crippen LogP contribution is -2.01. The van der Waals surface area contributed by atoms with Crippen molar-refractivity contribution in [3.8, 4) is 22.8 Å². The van der Waals surface area contributed by atoms with Gasteiger partial charge in [0.1, 0.15) is 5.75 Å². The molecular formula is C22H23N5O2S. The molecule has 4 aromatic rings. The Balaban J connectivity index is 1.73. The van der Waals surface area contributed by atoms with Gasteiger partial charge < -0.3 is 9.26 Å². The highest BCUT2D eigenvalue weighted by Gasteiger charge is 2.20. The number of benzene rings is 2. The van der Waals surface area contributed by atoms with Crippen molar-refractivity contribution in [1.82, 2.24) is 24.9 Å². The second kappa shape index (κ2) is 8.71. The third kappa shape index (κ3) is 4.09. The average molecular weight is 422 g/mol. The van der Waals surface area contributed by atoms with Crippen LogP contribution < -0.4 is 4.74 Å². The molecule has 0 aliphatic carbocycles. The Morgan fingerprint density at radius 2 is 1.83 bits per heavy atom. The molecule has 0 atom stereocenters. The van der Waals surface area contributed by atoms with Gasteiger partial charge in [0.15, 0.2) is 16.8 Å². The predicted octanol–water partition coefficient (Wildman–Crippen LogP) is 5.05. The Morgan fingerprint density at radius 1 is 1.07 bits per heavy atom. The average Bonchev–Trinajstić information content (AvgIpc) is 3.40. The second-order valence-corrected chi connectivity index (χ2v) is 8.11. The highest BCUT2D eigenvalue weighted by molar-refractivity contribution is 7.98. The Kier molecular flexibility index (Phi) is 5.85. The van der Waals surface area contributed by atoms with E-state index in [1.807, 2.05) is 42.7 Å². The highest BCUT2D eigenvalue weighted by Crippen LogP contribution is 2.34. The summed E-state index contributed by atoms with van der Waals surface area (Å²) in [5, 5.41) is 13.7. The van der Waals surface area contributed by atoms with Gasteiger partial charge in [0, 0.05) is 11.6 Å². The van der Waals surface area contributed by atoms with Crippen molar-refractivity contribution in [1.29, 1.82) is 0 Å². The van der Waals surface area contributed by atoms with E-state index in [-0.39, 0.29) is 5.92 Å². The first-order valence-electron chi connectivity index (χ1n) is 9.68. The Hall–Kier alpha value is -3.13. The van der Waals surface area contributed by atoms with Gasteiger partial charge in [0.2, 0.25) is 5.89 Å². The minimum absolute atomic E-state index is 0.223. The van der Waals surface area contributed by atoms with Gasteiger partial charge in [-0.05, 0) is 31.2 Å². The smallest absolute Gasteiger partial charge is 0.237 e. The summed E-state index contributed by atoms with van der Waals surface area (Å²) in [4.78, 5) is 4.46. The van der Waals surface area contributed by atoms with Crippen LogP contribution in [-0.4, -0.2) is 32.0 Å². The summed E-state index contributed by atoms with van der Waals surface area (Å²) in [5.74, 6) is 3.47. The van der Waals surface area contributed by atoms with E-state index in [9.17, 15) is 0 Å². The molecular weight excluding hydrogens is 398 g/mol. The zero-order chi connectivity index (χ0) is 21.1. The van der Waals surface area contributed by atoms with Gasteiger partial charge in [-0.1, -0.05) is 60.6 Å². The lowest BCUT2D eigenvalue weighted by atomic mass is 10.1. The molecule has 2 aromatic carbocycles. The van der Waals surface area contributed by atoms with Crippen LogP contribution in [0.5, 0.6) is 5.75 Å². The van der Waals surface area contributed by atoms with Gasteiger partial charge in [-0.3, -0.25) is 4.57 Å². The van der Waals surface area contributed by atoms with E-state index in [0.29, 0.717) is 23.3 Å². The van der Waals surface area contributed by atoms with Crippen molar-refractivity contribution in [3.63, 3.8) is 0 Å². The van der Waals surface area contributed by atoms with Crippen LogP contribution in [0.1, 0.15) is 37.0 Å². The van der Waals surface area contributed by atoms with Gasteiger partial charge >= 0.3 is 0 Å². The molecule has 0 saturated heterocycles. The first-order valence-corrected chi connectivity index (χ1v) is 10.7. The topological polar surface area (TPSA) is 78.9 Å². The molecule has 4 rings (SSSR count). The van der Waals surface area contributed by atoms with Crippen molar-refractivity contribution in [3.05, 3.63) is 65.8 Å². The third-order valence-corrected chi connectivity index (χ3v) is 5.51. The van der Waals surface area contributed by atoms with Crippen molar-refractivity contribution in [2.45, 2.75) is 37.6 Å². The molecule has 0 aliphatic rings. The Bertz CT molecular complexity index is 1130. The monoisotopic (exact) mass is 421 g/mol. The summed E-state index contributed by atoms with van der Waals surface area (Å²) in [6.45, 7) is 6.14. The maximum absolute atomic E-state index is 5.55. The minimum Gasteiger partial charge on any atom is -0.496 e. The Labute approximate surface area is 179 Å². The summed E-state index contributed by atoms with van der Waals surface area (Å²) in [6.07, 6.45) is 0. The number of aromatic nitrogens is 5. The molecule has 0 radical (unpaired) electrons. The van der Waals surface area contributed by atoms with E-state index in [2.05, 4.69) is 51.5 Å². The lowest BCUT2D eigenvalue weighted by molar-refractivity contribution is 0.382. The fourth-order valence-corrected chi connectivity index (χ4v) is 3.77. The fraction of sp³-hybridized carbons (Fsp3) is 0.273. The van der Waals surface area contributed by atoms with Crippen LogP contribution in [0.3, 0.4) is 0 Å². The molecule has 30 heavy (non-hydrogen) atoms. The molecule has 0 spiro atoms. The minimum atomic E-state index is 0.223. The van der Waals surface area contributed by atoms with Crippen LogP contribution in [0.2, 0.25) is 0 Å². The van der Waals surface area contributed by atoms with Gasteiger partial charge in [-0.25, -0.2) is 0 Å². The number of methoxy groups -OCH3 is 1. The molecule has 2 aromatic heterocycles. The zero-order valence-electron chi connectivity index (χ0n) is 17.4. The first kappa shape index (κ1) is 20.2. The van der Waals surface area contributed by atoms with Crippen LogP contribution in [0, 0.1) is 6.92 Å². The van der Waals surface area contributed by atoms with Gasteiger partial charge in [0.25, 0.3) is 0 Å². The molecule has 0 N–H and O–H groups in total. The first-order chi connectivity index (χ1) is 14.6. The molecule has 0 fully saturated rings. The summed E-state index contributed by atoms with van der Waals surface area (Å²) >= 11 is 1.51. The number of hydrogen-bond donors (Lipinski definition) is 0. The Morgan fingerprint density at radius 3 is 2.53 bits per heavy atom. The highest BCUT2D eigenvalue weighted by atomic mass is 32.2. The van der Waals surface area contributed by atoms with Crippen molar-refractivity contribution < 1.29 is 9.26 Å². The normalized spacial score (nSPS) is 11.2. The standard InChI is InChI=1S/C22H23N5O2S/c1-14(2)20-23-19(29-26-20)13-30-22-25-24-21(17-7-5-6-8-18(17)28-4)27(22)16-11-9-15(3)10-12-16/h5-12,14H,13H2,1-4H3. The third-order valence-electron chi connectivity index (χ3n) is 4.60. The molecule has 8 heteroatoms. The van der Waals surface area contributed by atoms with Crippen LogP contribution >= 0.6 is 11.8 Å². The fourth-order valence-electron chi connectivity index (χ4n) is 2.98. The predicted molar refractivity (Wildman–Crippen MR) is 116 cm³/mol. The van der Waals surface area contributed by atoms with E-state index >= 15 is 0 Å². The summed E-state index contributed by atoms with van der Waals surface area (Å²) in [7, 11) is 1.66. The van der Waals surface area contributed by atoms with Gasteiger partial charge in [-0.15, -0.1) is 10.2 Å². The summed E-state index contributed by atoms with van der Waals surface area (Å²) < 4.78 is 13.0. The molecule has 0 unspecified atom stereocenters. The summed E-state index contributed by atoms with van der Waals surface area (Å²) in [5.41, 5.74) is 3.04. The lowest BCUT2D eigenvalue weighted by Gasteiger charge is -2.12. The zero-order valence-corrected chi connectivity index (χ0v) is 18.2. The maximum Gasteiger partial charge on any atom is 0.237 e. The SMILES string of the molecule is COc1ccccc1-c1nnc(SCc2nc(C(C)C)no2)n1-c1ccc(C)cc1. The molecule has 2 heterocycles. The molecule has 7 nitrogen and oxygen atoms in total. The van der Waals surface area contributed by atoms with Crippen molar-refractivity contribution in [2.75, 3.05) is 7.11 Å². The molecule has 0 aliphatic heterocycles. The van der Waals surface area contributed by atoms with E-state index in [1.165, 1.54) is 17.3 Å². The van der Waals surface area contributed by atoms with Crippen LogP contribution in [0.15, 0.2) is 58.2 Å². The molecule has 0 saturated carbocycles. The van der Waals surface area contributed by atoms with E-state index in [1.54, 1.807) is 7.11 Å². The molecule has 0 bridgehead atoms. The second-order valence-electron chi connectivity index (χ2n) is 7.17. The number of thioether (sulfide) groups is 1. The number of rotatable bonds is 7. The van der Waals surface area contributed by atoms with E-state index < -0.39 is 0 Å². The quantitative estimate of drug-likeness (QED) is 0.386. The van der Waals surface area contributed by atoms with Gasteiger partial charge in [0.05, 0.1) is 18.4 Å².